The van der Waals surface area contributed by atoms with E-state index in [0.29, 0.717) is 42.0 Å². The Hall–Kier alpha value is -4.20. The summed E-state index contributed by atoms with van der Waals surface area (Å²) in [5.41, 5.74) is 1.47. The lowest BCUT2D eigenvalue weighted by atomic mass is 9.92. The van der Waals surface area contributed by atoms with Crippen LogP contribution in [0.2, 0.25) is 0 Å². The third-order valence-corrected chi connectivity index (χ3v) is 6.07. The number of pyridine rings is 1. The molecule has 0 spiro atoms. The van der Waals surface area contributed by atoms with Crippen LogP contribution < -0.4 is 15.6 Å². The van der Waals surface area contributed by atoms with E-state index in [4.69, 9.17) is 9.47 Å². The zero-order valence-corrected chi connectivity index (χ0v) is 19.6. The summed E-state index contributed by atoms with van der Waals surface area (Å²) in [6.07, 6.45) is 1.68. The van der Waals surface area contributed by atoms with Crippen LogP contribution in [0, 0.1) is 0 Å². The summed E-state index contributed by atoms with van der Waals surface area (Å²) in [5.74, 6) is -0.893. The minimum Gasteiger partial charge on any atom is -0.497 e. The zero-order valence-electron chi connectivity index (χ0n) is 19.6. The van der Waals surface area contributed by atoms with Gasteiger partial charge in [0.1, 0.15) is 17.4 Å². The Bertz CT molecular complexity index is 1310. The van der Waals surface area contributed by atoms with Crippen LogP contribution in [0.15, 0.2) is 65.5 Å². The lowest BCUT2D eigenvalue weighted by Gasteiger charge is -2.22. The van der Waals surface area contributed by atoms with E-state index in [9.17, 15) is 19.2 Å². The Morgan fingerprint density at radius 1 is 1.00 bits per heavy atom. The largest absolute Gasteiger partial charge is 0.497 e. The van der Waals surface area contributed by atoms with Gasteiger partial charge in [-0.2, -0.15) is 0 Å². The Morgan fingerprint density at radius 2 is 1.71 bits per heavy atom. The van der Waals surface area contributed by atoms with Gasteiger partial charge in [0.15, 0.2) is 5.78 Å². The molecule has 35 heavy (non-hydrogen) atoms. The van der Waals surface area contributed by atoms with Crippen LogP contribution in [0.1, 0.15) is 44.8 Å². The third kappa shape index (κ3) is 5.01. The van der Waals surface area contributed by atoms with Crippen LogP contribution in [0.4, 0.5) is 0 Å². The number of aromatic nitrogens is 1. The second-order valence-electron chi connectivity index (χ2n) is 8.27. The Balaban J connectivity index is 1.76. The number of amides is 1. The number of rotatable bonds is 7. The molecule has 0 saturated heterocycles. The molecular formula is C27H26N2O6. The molecule has 1 aliphatic rings. The number of ether oxygens (including phenoxy) is 2. The molecule has 180 valence electrons. The number of carbonyl (C=O) groups is 3. The lowest BCUT2D eigenvalue weighted by molar-refractivity contribution is -0.142. The average Bonchev–Trinajstić information content (AvgIpc) is 2.88. The minimum absolute atomic E-state index is 0.128. The topological polar surface area (TPSA) is 104 Å². The minimum atomic E-state index is -1.00. The first kappa shape index (κ1) is 23.9. The summed E-state index contributed by atoms with van der Waals surface area (Å²) < 4.78 is 11.5. The smallest absolute Gasteiger partial charge is 0.328 e. The number of nitrogens with zero attached hydrogens (tertiary/aromatic N) is 1. The quantitative estimate of drug-likeness (QED) is 0.528. The van der Waals surface area contributed by atoms with Crippen LogP contribution in [-0.2, 0) is 22.4 Å². The number of hydrogen-bond acceptors (Lipinski definition) is 6. The third-order valence-electron chi connectivity index (χ3n) is 6.07. The summed E-state index contributed by atoms with van der Waals surface area (Å²) in [6.45, 7) is 0. The number of Topliss-reactive ketones (excluding diaryl/α,β-unsaturated/α-hetero) is 1. The van der Waals surface area contributed by atoms with Crippen molar-refractivity contribution >= 4 is 17.7 Å². The lowest BCUT2D eigenvalue weighted by Crippen LogP contribution is -2.45. The monoisotopic (exact) mass is 474 g/mol. The van der Waals surface area contributed by atoms with Gasteiger partial charge in [-0.3, -0.25) is 19.0 Å². The zero-order chi connectivity index (χ0) is 24.9. The molecule has 4 rings (SSSR count). The van der Waals surface area contributed by atoms with Crippen molar-refractivity contribution in [3.8, 4) is 11.4 Å². The summed E-state index contributed by atoms with van der Waals surface area (Å²) in [7, 11) is 2.78. The van der Waals surface area contributed by atoms with Crippen molar-refractivity contribution < 1.29 is 23.9 Å². The van der Waals surface area contributed by atoms with Crippen molar-refractivity contribution in [1.82, 2.24) is 9.88 Å². The predicted octanol–water partition coefficient (Wildman–Crippen LogP) is 2.88. The van der Waals surface area contributed by atoms with Gasteiger partial charge in [-0.25, -0.2) is 4.79 Å². The van der Waals surface area contributed by atoms with Gasteiger partial charge in [0.2, 0.25) is 0 Å². The van der Waals surface area contributed by atoms with Crippen molar-refractivity contribution in [2.45, 2.75) is 31.7 Å². The maximum atomic E-state index is 13.6. The van der Waals surface area contributed by atoms with Gasteiger partial charge in [0.25, 0.3) is 11.5 Å². The van der Waals surface area contributed by atoms with Gasteiger partial charge in [-0.15, -0.1) is 0 Å². The summed E-state index contributed by atoms with van der Waals surface area (Å²) in [5, 5.41) is 2.63. The Kier molecular flexibility index (Phi) is 7.10. The second-order valence-corrected chi connectivity index (χ2v) is 8.27. The standard InChI is InChI=1S/C27H26N2O6/c1-34-19-13-11-18(12-14-19)29-23-9-6-10-24(30)20(23)16-21(26(29)32)25(31)28-22(27(33)35-2)15-17-7-4-3-5-8-17/h3-5,7-8,11-14,16,22H,6,9-10,15H2,1-2H3,(H,28,31)/t22-/m1/s1. The van der Waals surface area contributed by atoms with Gasteiger partial charge in [-0.05, 0) is 48.7 Å². The normalized spacial score (nSPS) is 13.5. The molecule has 0 bridgehead atoms. The first-order valence-corrected chi connectivity index (χ1v) is 11.3. The van der Waals surface area contributed by atoms with Crippen LogP contribution in [-0.4, -0.2) is 42.5 Å². The molecule has 0 unspecified atom stereocenters. The van der Waals surface area contributed by atoms with E-state index in [0.717, 1.165) is 5.56 Å². The van der Waals surface area contributed by atoms with Gasteiger partial charge in [0, 0.05) is 29.8 Å². The van der Waals surface area contributed by atoms with Crippen molar-refractivity contribution in [2.24, 2.45) is 0 Å². The van der Waals surface area contributed by atoms with E-state index in [1.807, 2.05) is 30.3 Å². The van der Waals surface area contributed by atoms with E-state index in [1.165, 1.54) is 17.7 Å². The molecule has 3 aromatic rings. The molecule has 1 atom stereocenters. The molecule has 0 saturated carbocycles. The maximum absolute atomic E-state index is 13.6. The number of fused-ring (bicyclic) bond motifs is 1. The van der Waals surface area contributed by atoms with E-state index >= 15 is 0 Å². The van der Waals surface area contributed by atoms with Crippen molar-refractivity contribution in [3.05, 3.63) is 93.4 Å². The molecule has 1 aromatic heterocycles. The fraction of sp³-hybridized carbons (Fsp3) is 0.259. The highest BCUT2D eigenvalue weighted by Gasteiger charge is 2.29. The molecule has 1 aliphatic carbocycles. The van der Waals surface area contributed by atoms with E-state index in [-0.39, 0.29) is 17.8 Å². The van der Waals surface area contributed by atoms with E-state index in [1.54, 1.807) is 31.4 Å². The first-order chi connectivity index (χ1) is 16.9. The van der Waals surface area contributed by atoms with Crippen LogP contribution in [0.5, 0.6) is 5.75 Å². The van der Waals surface area contributed by atoms with Crippen molar-refractivity contribution in [1.29, 1.82) is 0 Å². The number of methoxy groups -OCH3 is 2. The van der Waals surface area contributed by atoms with Crippen LogP contribution in [0.3, 0.4) is 0 Å². The average molecular weight is 475 g/mol. The van der Waals surface area contributed by atoms with Crippen molar-refractivity contribution in [3.63, 3.8) is 0 Å². The number of benzene rings is 2. The molecule has 8 nitrogen and oxygen atoms in total. The molecule has 0 fully saturated rings. The van der Waals surface area contributed by atoms with Gasteiger partial charge < -0.3 is 14.8 Å². The molecule has 0 radical (unpaired) electrons. The maximum Gasteiger partial charge on any atom is 0.328 e. The van der Waals surface area contributed by atoms with Crippen LogP contribution in [0.25, 0.3) is 5.69 Å². The molecule has 1 N–H and O–H groups in total. The van der Waals surface area contributed by atoms with Gasteiger partial charge >= 0.3 is 5.97 Å². The fourth-order valence-corrected chi connectivity index (χ4v) is 4.28. The first-order valence-electron chi connectivity index (χ1n) is 11.3. The summed E-state index contributed by atoms with van der Waals surface area (Å²) in [6, 6.07) is 16.3. The highest BCUT2D eigenvalue weighted by atomic mass is 16.5. The number of nitrogens with one attached hydrogen (secondary N) is 1. The Labute approximate surface area is 202 Å². The summed E-state index contributed by atoms with van der Waals surface area (Å²) >= 11 is 0. The van der Waals surface area contributed by atoms with Crippen molar-refractivity contribution in [2.75, 3.05) is 14.2 Å². The molecular weight excluding hydrogens is 448 g/mol. The highest BCUT2D eigenvalue weighted by Crippen LogP contribution is 2.24. The number of carbonyl (C=O) groups excluding carboxylic acids is 3. The summed E-state index contributed by atoms with van der Waals surface area (Å²) in [4.78, 5) is 52.0. The second kappa shape index (κ2) is 10.4. The highest BCUT2D eigenvalue weighted by molar-refractivity contribution is 6.02. The number of ketones is 1. The Morgan fingerprint density at radius 3 is 2.37 bits per heavy atom. The molecule has 2 aromatic carbocycles. The van der Waals surface area contributed by atoms with E-state index < -0.39 is 23.5 Å². The molecule has 1 amide bonds. The van der Waals surface area contributed by atoms with Crippen LogP contribution >= 0.6 is 0 Å². The molecule has 0 aliphatic heterocycles. The SMILES string of the molecule is COC(=O)[C@@H](Cc1ccccc1)NC(=O)c1cc2c(n(-c3ccc(OC)cc3)c1=O)CCCC2=O. The van der Waals surface area contributed by atoms with E-state index in [2.05, 4.69) is 5.32 Å². The molecule has 1 heterocycles. The fourth-order valence-electron chi connectivity index (χ4n) is 4.28. The van der Waals surface area contributed by atoms with Gasteiger partial charge in [0.05, 0.1) is 14.2 Å². The van der Waals surface area contributed by atoms with Gasteiger partial charge in [-0.1, -0.05) is 30.3 Å². The number of esters is 1. The predicted molar refractivity (Wildman–Crippen MR) is 129 cm³/mol. The molecule has 8 heteroatoms. The number of hydrogen-bond donors (Lipinski definition) is 1.